The van der Waals surface area contributed by atoms with Gasteiger partial charge in [-0.3, -0.25) is 23.7 Å². The summed E-state index contributed by atoms with van der Waals surface area (Å²) in [4.78, 5) is 46.8. The van der Waals surface area contributed by atoms with Crippen molar-refractivity contribution in [3.05, 3.63) is 387 Å². The van der Waals surface area contributed by atoms with E-state index in [1.54, 1.807) is 12.4 Å². The van der Waals surface area contributed by atoms with Crippen molar-refractivity contribution in [1.29, 1.82) is 0 Å². The lowest BCUT2D eigenvalue weighted by atomic mass is 9.98. The van der Waals surface area contributed by atoms with Gasteiger partial charge in [-0.1, -0.05) is 254 Å². The zero-order valence-corrected chi connectivity index (χ0v) is 69.7. The molecule has 31 rings (SSSR count). The van der Waals surface area contributed by atoms with Crippen LogP contribution in [0, 0.1) is 20.1 Å². The van der Waals surface area contributed by atoms with Gasteiger partial charge in [-0.15, -0.1) is 0 Å². The molecule has 17 aromatic carbocycles. The highest BCUT2D eigenvalue weighted by Crippen LogP contribution is 2.53. The van der Waals surface area contributed by atoms with Gasteiger partial charge in [0, 0.05) is 120 Å². The van der Waals surface area contributed by atoms with Gasteiger partial charge in [0.15, 0.2) is 5.69 Å². The van der Waals surface area contributed by atoms with Crippen LogP contribution in [0.5, 0.6) is 0 Å². The standard InChI is InChI=1S/C42H22N6.C37H22N4.C36H18N6/c1-43-26-19-16-25(17-20-26)39-40-31(13-8-22-44-40)45-42(46-39)48-33-15-7-5-12-29(33)37-35(48)23-30-28-11-4-6-14-32(28)47-34-21-18-24-9-2-3-10-27(24)36(34)38(37)41(30)47;1-21-23-11-4-7-15-28(23)39-37(38-21)41-30-17-9-6-14-26(30)34-32(41)20-27-25-13-5-8-16-29(25)40-31-19-18-22-10-2-3-12-24(22)33(31)35(34)36(27)40;1-37-35-33-25(13-8-18-38-33)39-36(40-35)42-27-15-7-5-12-23(27)31-29(42)19-24-22-11-4-6-14-26(22)41-28-17-16-20-9-2-3-10-21(20)30(28)32(31)34(24)41/h2-23H;2-20H,1H3;2-19H. The third-order valence-electron chi connectivity index (χ3n) is 27.6. The summed E-state index contributed by atoms with van der Waals surface area (Å²) in [6.45, 7) is 17.4. The van der Waals surface area contributed by atoms with Gasteiger partial charge in [0.1, 0.15) is 16.7 Å². The molecule has 0 aliphatic heterocycles. The Hall–Kier alpha value is -18.4. The molecule has 16 heteroatoms. The highest BCUT2D eigenvalue weighted by molar-refractivity contribution is 6.42. The van der Waals surface area contributed by atoms with E-state index in [2.05, 4.69) is 334 Å². The van der Waals surface area contributed by atoms with E-state index in [1.165, 1.54) is 163 Å². The predicted molar refractivity (Wildman–Crippen MR) is 536 cm³/mol. The Labute approximate surface area is 741 Å². The Kier molecular flexibility index (Phi) is 14.3. The van der Waals surface area contributed by atoms with Gasteiger partial charge < -0.3 is 18.0 Å². The van der Waals surface area contributed by atoms with Crippen LogP contribution in [-0.2, 0) is 0 Å². The average molecular weight is 1670 g/mol. The number of fused-ring (bicyclic) bond motifs is 39. The van der Waals surface area contributed by atoms with Crippen LogP contribution in [0.2, 0.25) is 0 Å². The summed E-state index contributed by atoms with van der Waals surface area (Å²) in [5.41, 5.74) is 24.2. The number of benzene rings is 17. The van der Waals surface area contributed by atoms with Crippen molar-refractivity contribution in [2.45, 2.75) is 6.92 Å². The predicted octanol–water partition coefficient (Wildman–Crippen LogP) is 29.0. The summed E-state index contributed by atoms with van der Waals surface area (Å²) < 4.78 is 14.0. The Bertz CT molecular complexity index is 10600. The first kappa shape index (κ1) is 71.0. The van der Waals surface area contributed by atoms with E-state index in [4.69, 9.17) is 48.0 Å². The molecule has 131 heavy (non-hydrogen) atoms. The molecule has 0 atom stereocenters. The van der Waals surface area contributed by atoms with Crippen molar-refractivity contribution in [1.82, 2.24) is 66.8 Å². The summed E-state index contributed by atoms with van der Waals surface area (Å²) in [6.07, 6.45) is 3.45. The maximum atomic E-state index is 7.86. The van der Waals surface area contributed by atoms with Gasteiger partial charge in [0.2, 0.25) is 11.9 Å². The van der Waals surface area contributed by atoms with Crippen molar-refractivity contribution >= 4 is 256 Å². The van der Waals surface area contributed by atoms with E-state index >= 15 is 0 Å². The lowest BCUT2D eigenvalue weighted by Crippen LogP contribution is -2.04. The van der Waals surface area contributed by atoms with E-state index in [0.29, 0.717) is 34.6 Å². The number of pyridine rings is 2. The fourth-order valence-corrected chi connectivity index (χ4v) is 22.4. The highest BCUT2D eigenvalue weighted by Gasteiger charge is 2.32. The molecule has 0 unspecified atom stereocenters. The molecule has 16 nitrogen and oxygen atoms in total. The van der Waals surface area contributed by atoms with Crippen LogP contribution in [0.3, 0.4) is 0 Å². The number of nitrogens with zero attached hydrogens (tertiary/aromatic N) is 16. The number of aromatic nitrogens is 14. The highest BCUT2D eigenvalue weighted by atomic mass is 15.2. The topological polar surface area (TPSA) is 140 Å². The van der Waals surface area contributed by atoms with Crippen molar-refractivity contribution < 1.29 is 0 Å². The normalized spacial score (nSPS) is 12.3. The molecule has 0 fully saturated rings. The van der Waals surface area contributed by atoms with Crippen LogP contribution in [0.15, 0.2) is 358 Å². The number of hydrogen-bond donors (Lipinski definition) is 0. The Morgan fingerprint density at radius 3 is 1.00 bits per heavy atom. The minimum atomic E-state index is 0.250. The molecule has 0 aliphatic rings. The quantitative estimate of drug-likeness (QED) is 0.159. The lowest BCUT2D eigenvalue weighted by Gasteiger charge is -2.11. The minimum Gasteiger partial charge on any atom is -0.359 e. The van der Waals surface area contributed by atoms with Crippen LogP contribution < -0.4 is 0 Å². The fraction of sp³-hybridized carbons (Fsp3) is 0.00870. The first-order valence-electron chi connectivity index (χ1n) is 43.8. The minimum absolute atomic E-state index is 0.250. The molecule has 0 spiro atoms. The number of hydrogen-bond acceptors (Lipinski definition) is 8. The van der Waals surface area contributed by atoms with Gasteiger partial charge in [0.25, 0.3) is 0 Å². The average Bonchev–Trinajstić information content (AvgIpc) is 1.52. The van der Waals surface area contributed by atoms with Gasteiger partial charge in [-0.25, -0.2) is 24.8 Å². The van der Waals surface area contributed by atoms with E-state index in [1.807, 2.05) is 60.7 Å². The van der Waals surface area contributed by atoms with E-state index < -0.39 is 0 Å². The van der Waals surface area contributed by atoms with Crippen LogP contribution in [0.25, 0.3) is 284 Å². The van der Waals surface area contributed by atoms with Crippen molar-refractivity contribution in [2.24, 2.45) is 0 Å². The summed E-state index contributed by atoms with van der Waals surface area (Å²) in [5.74, 6) is 2.01. The van der Waals surface area contributed by atoms with Crippen molar-refractivity contribution in [3.8, 4) is 29.1 Å². The lowest BCUT2D eigenvalue weighted by molar-refractivity contribution is 0.990. The molecule has 0 aliphatic carbocycles. The molecule has 14 heterocycles. The van der Waals surface area contributed by atoms with E-state index in [-0.39, 0.29) is 5.82 Å². The third kappa shape index (κ3) is 9.56. The zero-order chi connectivity index (χ0) is 85.9. The Morgan fingerprint density at radius 1 is 0.237 bits per heavy atom. The molecule has 31 aromatic rings. The second-order valence-corrected chi connectivity index (χ2v) is 34.1. The summed E-state index contributed by atoms with van der Waals surface area (Å²) >= 11 is 0. The van der Waals surface area contributed by atoms with Crippen LogP contribution >= 0.6 is 0 Å². The number of rotatable bonds is 4. The third-order valence-corrected chi connectivity index (χ3v) is 27.6. The summed E-state index contributed by atoms with van der Waals surface area (Å²) in [5, 5.41) is 30.5. The van der Waals surface area contributed by atoms with E-state index in [0.717, 1.165) is 88.1 Å². The van der Waals surface area contributed by atoms with Gasteiger partial charge in [-0.05, 0) is 142 Å². The molecule has 602 valence electrons. The molecular weight excluding hydrogens is 1610 g/mol. The van der Waals surface area contributed by atoms with Crippen LogP contribution in [0.1, 0.15) is 5.69 Å². The Morgan fingerprint density at radius 2 is 0.573 bits per heavy atom. The maximum Gasteiger partial charge on any atom is 0.332 e. The van der Waals surface area contributed by atoms with Gasteiger partial charge >= 0.3 is 11.8 Å². The smallest absolute Gasteiger partial charge is 0.332 e. The number of para-hydroxylation sites is 7. The van der Waals surface area contributed by atoms with Crippen LogP contribution in [-0.4, -0.2) is 66.8 Å². The second-order valence-electron chi connectivity index (χ2n) is 34.1. The van der Waals surface area contributed by atoms with Gasteiger partial charge in [0.05, 0.1) is 112 Å². The molecule has 0 saturated carbocycles. The first-order valence-corrected chi connectivity index (χ1v) is 43.8. The monoisotopic (exact) mass is 1670 g/mol. The zero-order valence-electron chi connectivity index (χ0n) is 69.7. The molecule has 0 radical (unpaired) electrons. The van der Waals surface area contributed by atoms with Crippen LogP contribution in [0.4, 0.5) is 11.5 Å². The SMILES string of the molecule is Cc1nc(-n2c3ccccc3c3c4c5c6ccccc6ccc5n5c6ccccc6c(cc32)c45)nc2ccccc12.[C-]#[N+]c1ccc(-c2nc(-n3c4ccccc4c4c5c6c7ccccc7ccc6n6c7ccccc7c(cc43)c56)nc3cccnc23)cc1.[C-]#[N+]c1nc(-n2c3ccccc3c3c4c5c6ccccc6ccc5n5c6ccccc6c(cc32)c45)nc2cccnc12. The summed E-state index contributed by atoms with van der Waals surface area (Å²) in [6, 6.07) is 122. The first-order chi connectivity index (χ1) is 64.9. The Balaban J connectivity index is 0.0000000969. The molecule has 0 bridgehead atoms. The molecule has 0 saturated heterocycles. The second kappa shape index (κ2) is 26.4. The summed E-state index contributed by atoms with van der Waals surface area (Å²) in [7, 11) is 0. The fourth-order valence-electron chi connectivity index (χ4n) is 22.4. The largest absolute Gasteiger partial charge is 0.359 e. The molecule has 0 amide bonds. The molecular formula is C115H62N16. The number of aryl methyl sites for hydroxylation is 1. The molecule has 14 aromatic heterocycles. The van der Waals surface area contributed by atoms with Crippen molar-refractivity contribution in [3.63, 3.8) is 0 Å². The maximum absolute atomic E-state index is 7.86. The molecule has 0 N–H and O–H groups in total. The van der Waals surface area contributed by atoms with Gasteiger partial charge in [-0.2, -0.15) is 4.98 Å². The van der Waals surface area contributed by atoms with E-state index in [9.17, 15) is 0 Å². The van der Waals surface area contributed by atoms with Crippen molar-refractivity contribution in [2.75, 3.05) is 0 Å².